The molecule has 2 nitrogen and oxygen atoms in total. The molecule has 0 amide bonds. The molecule has 0 aromatic carbocycles. The van der Waals surface area contributed by atoms with E-state index in [2.05, 4.69) is 6.92 Å². The normalized spacial score (nSPS) is 33.0. The lowest BCUT2D eigenvalue weighted by Gasteiger charge is -2.20. The Bertz CT molecular complexity index is 112. The maximum atomic E-state index is 5.44. The van der Waals surface area contributed by atoms with Crippen LogP contribution in [0.5, 0.6) is 0 Å². The number of rotatable bonds is 1. The monoisotopic (exact) mass is 128 g/mol. The number of hydrogen-bond acceptors (Lipinski definition) is 2. The third kappa shape index (κ3) is 0.864. The molecular formula is C7H12O2. The second kappa shape index (κ2) is 1.70. The molecule has 2 heteroatoms. The lowest BCUT2D eigenvalue weighted by atomic mass is 10.2. The van der Waals surface area contributed by atoms with E-state index in [-0.39, 0.29) is 5.79 Å². The van der Waals surface area contributed by atoms with Crippen molar-refractivity contribution in [2.45, 2.75) is 25.6 Å². The van der Waals surface area contributed by atoms with Gasteiger partial charge >= 0.3 is 0 Å². The van der Waals surface area contributed by atoms with Gasteiger partial charge in [-0.2, -0.15) is 0 Å². The van der Waals surface area contributed by atoms with Gasteiger partial charge in [-0.05, 0) is 19.8 Å². The molecule has 1 aliphatic heterocycles. The van der Waals surface area contributed by atoms with Gasteiger partial charge < -0.3 is 9.47 Å². The molecule has 0 atom stereocenters. The van der Waals surface area contributed by atoms with Crippen LogP contribution < -0.4 is 0 Å². The molecule has 0 unspecified atom stereocenters. The molecule has 52 valence electrons. The molecule has 1 heterocycles. The molecule has 2 aliphatic rings. The standard InChI is InChI=1S/C7H12O2/c1-7(6-2-3-6)8-4-5-9-7/h6H,2-5H2,1H3. The van der Waals surface area contributed by atoms with Crippen LogP contribution in [0.4, 0.5) is 0 Å². The fraction of sp³-hybridized carbons (Fsp3) is 1.00. The lowest BCUT2D eigenvalue weighted by Crippen LogP contribution is -2.27. The fourth-order valence-corrected chi connectivity index (χ4v) is 1.37. The average Bonchev–Trinajstić information content (AvgIpc) is 2.60. The summed E-state index contributed by atoms with van der Waals surface area (Å²) >= 11 is 0. The minimum Gasteiger partial charge on any atom is -0.348 e. The van der Waals surface area contributed by atoms with Gasteiger partial charge in [-0.25, -0.2) is 0 Å². The van der Waals surface area contributed by atoms with Crippen molar-refractivity contribution < 1.29 is 9.47 Å². The van der Waals surface area contributed by atoms with E-state index in [1.807, 2.05) is 0 Å². The summed E-state index contributed by atoms with van der Waals surface area (Å²) in [5.41, 5.74) is 0. The zero-order valence-corrected chi connectivity index (χ0v) is 5.72. The topological polar surface area (TPSA) is 18.5 Å². The van der Waals surface area contributed by atoms with Crippen LogP contribution in [0.2, 0.25) is 0 Å². The van der Waals surface area contributed by atoms with Gasteiger partial charge in [0.15, 0.2) is 5.79 Å². The summed E-state index contributed by atoms with van der Waals surface area (Å²) < 4.78 is 10.9. The maximum Gasteiger partial charge on any atom is 0.168 e. The Morgan fingerprint density at radius 3 is 2.22 bits per heavy atom. The first-order valence-electron chi connectivity index (χ1n) is 3.59. The van der Waals surface area contributed by atoms with E-state index >= 15 is 0 Å². The molecule has 0 aromatic rings. The third-order valence-electron chi connectivity index (χ3n) is 2.18. The lowest BCUT2D eigenvalue weighted by molar-refractivity contribution is -0.157. The number of hydrogen-bond donors (Lipinski definition) is 0. The van der Waals surface area contributed by atoms with Crippen LogP contribution in [0, 0.1) is 5.92 Å². The summed E-state index contributed by atoms with van der Waals surface area (Å²) in [6.07, 6.45) is 2.58. The SMILES string of the molecule is CC1(C2CC2)OCCO1. The van der Waals surface area contributed by atoms with Crippen LogP contribution in [0.1, 0.15) is 19.8 Å². The minimum atomic E-state index is -0.194. The summed E-state index contributed by atoms with van der Waals surface area (Å²) in [6, 6.07) is 0. The highest BCUT2D eigenvalue weighted by Crippen LogP contribution is 2.44. The molecule has 2 rings (SSSR count). The zero-order chi connectivity index (χ0) is 6.32. The van der Waals surface area contributed by atoms with Crippen molar-refractivity contribution in [3.63, 3.8) is 0 Å². The molecule has 1 aliphatic carbocycles. The zero-order valence-electron chi connectivity index (χ0n) is 5.72. The van der Waals surface area contributed by atoms with Gasteiger partial charge in [-0.3, -0.25) is 0 Å². The highest BCUT2D eigenvalue weighted by Gasteiger charge is 2.45. The Balaban J connectivity index is 2.02. The van der Waals surface area contributed by atoms with Gasteiger partial charge in [-0.15, -0.1) is 0 Å². The fourth-order valence-electron chi connectivity index (χ4n) is 1.37. The second-order valence-electron chi connectivity index (χ2n) is 2.99. The van der Waals surface area contributed by atoms with Crippen LogP contribution in [0.3, 0.4) is 0 Å². The van der Waals surface area contributed by atoms with E-state index in [1.165, 1.54) is 12.8 Å². The molecule has 0 bridgehead atoms. The van der Waals surface area contributed by atoms with Crippen LogP contribution in [-0.2, 0) is 9.47 Å². The summed E-state index contributed by atoms with van der Waals surface area (Å²) in [5, 5.41) is 0. The maximum absolute atomic E-state index is 5.44. The van der Waals surface area contributed by atoms with Gasteiger partial charge in [0.1, 0.15) is 0 Å². The van der Waals surface area contributed by atoms with Gasteiger partial charge in [0, 0.05) is 5.92 Å². The van der Waals surface area contributed by atoms with Crippen LogP contribution in [0.25, 0.3) is 0 Å². The van der Waals surface area contributed by atoms with Crippen LogP contribution in [0.15, 0.2) is 0 Å². The van der Waals surface area contributed by atoms with E-state index in [4.69, 9.17) is 9.47 Å². The highest BCUT2D eigenvalue weighted by atomic mass is 16.7. The first kappa shape index (κ1) is 5.69. The summed E-state index contributed by atoms with van der Waals surface area (Å²) in [7, 11) is 0. The Kier molecular flexibility index (Phi) is 1.08. The summed E-state index contributed by atoms with van der Waals surface area (Å²) in [6.45, 7) is 3.62. The van der Waals surface area contributed by atoms with E-state index < -0.39 is 0 Å². The third-order valence-corrected chi connectivity index (χ3v) is 2.18. The summed E-state index contributed by atoms with van der Waals surface area (Å²) in [5.74, 6) is 0.500. The van der Waals surface area contributed by atoms with E-state index in [0.29, 0.717) is 5.92 Å². The first-order chi connectivity index (χ1) is 4.31. The van der Waals surface area contributed by atoms with Crippen molar-refractivity contribution >= 4 is 0 Å². The molecule has 1 saturated heterocycles. The van der Waals surface area contributed by atoms with E-state index in [9.17, 15) is 0 Å². The van der Waals surface area contributed by atoms with Crippen molar-refractivity contribution in [3.8, 4) is 0 Å². The Morgan fingerprint density at radius 1 is 1.22 bits per heavy atom. The second-order valence-corrected chi connectivity index (χ2v) is 2.99. The van der Waals surface area contributed by atoms with Crippen molar-refractivity contribution in [2.75, 3.05) is 13.2 Å². The predicted molar refractivity (Wildman–Crippen MR) is 33.0 cm³/mol. The minimum absolute atomic E-state index is 0.194. The van der Waals surface area contributed by atoms with Gasteiger partial charge in [-0.1, -0.05) is 0 Å². The Hall–Kier alpha value is -0.0800. The van der Waals surface area contributed by atoms with Crippen LogP contribution >= 0.6 is 0 Å². The largest absolute Gasteiger partial charge is 0.348 e. The van der Waals surface area contributed by atoms with Crippen molar-refractivity contribution in [2.24, 2.45) is 5.92 Å². The van der Waals surface area contributed by atoms with Gasteiger partial charge in [0.05, 0.1) is 13.2 Å². The molecular weight excluding hydrogens is 116 g/mol. The van der Waals surface area contributed by atoms with Crippen molar-refractivity contribution in [3.05, 3.63) is 0 Å². The average molecular weight is 128 g/mol. The van der Waals surface area contributed by atoms with Crippen molar-refractivity contribution in [1.82, 2.24) is 0 Å². The summed E-state index contributed by atoms with van der Waals surface area (Å²) in [4.78, 5) is 0. The smallest absolute Gasteiger partial charge is 0.168 e. The van der Waals surface area contributed by atoms with Crippen molar-refractivity contribution in [1.29, 1.82) is 0 Å². The van der Waals surface area contributed by atoms with E-state index in [0.717, 1.165) is 13.2 Å². The highest BCUT2D eigenvalue weighted by molar-refractivity contribution is 4.87. The Morgan fingerprint density at radius 2 is 1.78 bits per heavy atom. The van der Waals surface area contributed by atoms with Crippen LogP contribution in [-0.4, -0.2) is 19.0 Å². The molecule has 9 heavy (non-hydrogen) atoms. The van der Waals surface area contributed by atoms with Gasteiger partial charge in [0.25, 0.3) is 0 Å². The molecule has 0 N–H and O–H groups in total. The van der Waals surface area contributed by atoms with E-state index in [1.54, 1.807) is 0 Å². The molecule has 0 radical (unpaired) electrons. The molecule has 2 fully saturated rings. The first-order valence-corrected chi connectivity index (χ1v) is 3.59. The molecule has 1 saturated carbocycles. The Labute approximate surface area is 55.1 Å². The van der Waals surface area contributed by atoms with Gasteiger partial charge in [0.2, 0.25) is 0 Å². The molecule has 0 spiro atoms. The predicted octanol–water partition coefficient (Wildman–Crippen LogP) is 1.16. The molecule has 0 aromatic heterocycles. The number of ether oxygens (including phenoxy) is 2. The quantitative estimate of drug-likeness (QED) is 0.527.